The van der Waals surface area contributed by atoms with Crippen LogP contribution in [-0.2, 0) is 9.59 Å². The number of para-hydroxylation sites is 1. The van der Waals surface area contributed by atoms with Gasteiger partial charge in [-0.2, -0.15) is 0 Å². The standard InChI is InChI=1S/C20H16BrClN2O4S/c1-3-28-17-13(21)9-11(10-16(17)27-2)8-12-18(25)23-20(29)24(19(12)26)15-7-5-4-6-14(15)22/h4-10H,3H2,1-2H3,(H,23,25,29)/b12-8+. The summed E-state index contributed by atoms with van der Waals surface area (Å²) in [6.07, 6.45) is 1.46. The van der Waals surface area contributed by atoms with Crippen molar-refractivity contribution in [1.82, 2.24) is 5.32 Å². The molecule has 0 aromatic heterocycles. The lowest BCUT2D eigenvalue weighted by Gasteiger charge is -2.29. The molecular weight excluding hydrogens is 480 g/mol. The monoisotopic (exact) mass is 494 g/mol. The normalized spacial score (nSPS) is 15.5. The van der Waals surface area contributed by atoms with Gasteiger partial charge in [-0.15, -0.1) is 0 Å². The van der Waals surface area contributed by atoms with Gasteiger partial charge in [-0.3, -0.25) is 19.8 Å². The summed E-state index contributed by atoms with van der Waals surface area (Å²) in [5.41, 5.74) is 0.875. The largest absolute Gasteiger partial charge is 0.493 e. The number of methoxy groups -OCH3 is 1. The van der Waals surface area contributed by atoms with Crippen LogP contribution in [0.4, 0.5) is 5.69 Å². The molecule has 1 aliphatic rings. The number of carbonyl (C=O) groups is 2. The minimum atomic E-state index is -0.590. The van der Waals surface area contributed by atoms with E-state index in [1.807, 2.05) is 6.92 Å². The lowest BCUT2D eigenvalue weighted by atomic mass is 10.1. The molecule has 2 aromatic rings. The van der Waals surface area contributed by atoms with Crippen LogP contribution < -0.4 is 19.7 Å². The van der Waals surface area contributed by atoms with Gasteiger partial charge in [-0.25, -0.2) is 0 Å². The SMILES string of the molecule is CCOc1c(Br)cc(/C=C2\C(=O)NC(=S)N(c3ccccc3Cl)C2=O)cc1OC. The summed E-state index contributed by atoms with van der Waals surface area (Å²) in [5.74, 6) is -0.159. The fourth-order valence-corrected chi connectivity index (χ4v) is 3.85. The van der Waals surface area contributed by atoms with Gasteiger partial charge in [-0.1, -0.05) is 23.7 Å². The van der Waals surface area contributed by atoms with E-state index in [0.29, 0.717) is 38.9 Å². The van der Waals surface area contributed by atoms with E-state index in [1.54, 1.807) is 36.4 Å². The van der Waals surface area contributed by atoms with Gasteiger partial charge >= 0.3 is 0 Å². The van der Waals surface area contributed by atoms with E-state index in [0.717, 1.165) is 0 Å². The molecule has 0 unspecified atom stereocenters. The lowest BCUT2D eigenvalue weighted by molar-refractivity contribution is -0.122. The Bertz CT molecular complexity index is 1040. The van der Waals surface area contributed by atoms with Crippen molar-refractivity contribution in [3.8, 4) is 11.5 Å². The van der Waals surface area contributed by atoms with Gasteiger partial charge in [0.2, 0.25) is 0 Å². The van der Waals surface area contributed by atoms with Crippen molar-refractivity contribution in [3.63, 3.8) is 0 Å². The Hall–Kier alpha value is -2.42. The zero-order valence-corrected chi connectivity index (χ0v) is 18.7. The molecule has 6 nitrogen and oxygen atoms in total. The molecule has 1 fully saturated rings. The number of rotatable bonds is 5. The predicted molar refractivity (Wildman–Crippen MR) is 120 cm³/mol. The highest BCUT2D eigenvalue weighted by Gasteiger charge is 2.35. The molecule has 0 radical (unpaired) electrons. The third-order valence-electron chi connectivity index (χ3n) is 4.05. The fraction of sp³-hybridized carbons (Fsp3) is 0.150. The molecular formula is C20H16BrClN2O4S. The van der Waals surface area contributed by atoms with Crippen molar-refractivity contribution >= 4 is 68.4 Å². The van der Waals surface area contributed by atoms with Gasteiger partial charge in [0.25, 0.3) is 11.8 Å². The zero-order valence-electron chi connectivity index (χ0n) is 15.5. The van der Waals surface area contributed by atoms with Crippen LogP contribution in [0.5, 0.6) is 11.5 Å². The van der Waals surface area contributed by atoms with Gasteiger partial charge in [0, 0.05) is 0 Å². The smallest absolute Gasteiger partial charge is 0.270 e. The van der Waals surface area contributed by atoms with Crippen LogP contribution in [0.3, 0.4) is 0 Å². The average molecular weight is 496 g/mol. The number of nitrogens with one attached hydrogen (secondary N) is 1. The average Bonchev–Trinajstić information content (AvgIpc) is 2.68. The van der Waals surface area contributed by atoms with Crippen molar-refractivity contribution in [2.75, 3.05) is 18.6 Å². The van der Waals surface area contributed by atoms with Crippen LogP contribution in [0.2, 0.25) is 5.02 Å². The summed E-state index contributed by atoms with van der Waals surface area (Å²) in [7, 11) is 1.51. The molecule has 0 saturated carbocycles. The third kappa shape index (κ3) is 4.29. The molecule has 1 saturated heterocycles. The second-order valence-corrected chi connectivity index (χ2v) is 7.52. The van der Waals surface area contributed by atoms with Crippen LogP contribution in [0.25, 0.3) is 6.08 Å². The minimum absolute atomic E-state index is 0.0318. The molecule has 0 spiro atoms. The number of amides is 2. The molecule has 1 N–H and O–H groups in total. The van der Waals surface area contributed by atoms with Crippen LogP contribution in [0.15, 0.2) is 46.4 Å². The van der Waals surface area contributed by atoms with E-state index in [2.05, 4.69) is 21.2 Å². The van der Waals surface area contributed by atoms with Crippen molar-refractivity contribution in [2.24, 2.45) is 0 Å². The van der Waals surface area contributed by atoms with Crippen LogP contribution in [0, 0.1) is 0 Å². The van der Waals surface area contributed by atoms with Gasteiger partial charge in [0.15, 0.2) is 16.6 Å². The highest BCUT2D eigenvalue weighted by molar-refractivity contribution is 9.10. The molecule has 1 aliphatic heterocycles. The summed E-state index contributed by atoms with van der Waals surface area (Å²) >= 11 is 14.8. The number of thiocarbonyl (C=S) groups is 1. The Kier molecular flexibility index (Phi) is 6.56. The van der Waals surface area contributed by atoms with Crippen LogP contribution in [-0.4, -0.2) is 30.6 Å². The number of hydrogen-bond donors (Lipinski definition) is 1. The summed E-state index contributed by atoms with van der Waals surface area (Å²) in [5, 5.41) is 2.84. The Labute approximate surface area is 186 Å². The van der Waals surface area contributed by atoms with Crippen molar-refractivity contribution < 1.29 is 19.1 Å². The summed E-state index contributed by atoms with van der Waals surface area (Å²) in [6, 6.07) is 10.2. The summed E-state index contributed by atoms with van der Waals surface area (Å²) in [6.45, 7) is 2.32. The Balaban J connectivity index is 2.05. The van der Waals surface area contributed by atoms with E-state index in [-0.39, 0.29) is 10.7 Å². The number of nitrogens with zero attached hydrogens (tertiary/aromatic N) is 1. The quantitative estimate of drug-likeness (QED) is 0.380. The molecule has 1 heterocycles. The number of carbonyl (C=O) groups excluding carboxylic acids is 2. The van der Waals surface area contributed by atoms with E-state index < -0.39 is 11.8 Å². The summed E-state index contributed by atoms with van der Waals surface area (Å²) in [4.78, 5) is 26.8. The van der Waals surface area contributed by atoms with E-state index in [1.165, 1.54) is 18.1 Å². The first-order valence-corrected chi connectivity index (χ1v) is 10.1. The maximum atomic E-state index is 13.1. The number of halogens is 2. The summed E-state index contributed by atoms with van der Waals surface area (Å²) < 4.78 is 11.6. The molecule has 3 rings (SSSR count). The zero-order chi connectivity index (χ0) is 21.1. The Morgan fingerprint density at radius 3 is 2.66 bits per heavy atom. The van der Waals surface area contributed by atoms with Crippen LogP contribution >= 0.6 is 39.7 Å². The maximum Gasteiger partial charge on any atom is 0.270 e. The van der Waals surface area contributed by atoms with Crippen LogP contribution in [0.1, 0.15) is 12.5 Å². The number of benzene rings is 2. The Morgan fingerprint density at radius 2 is 2.00 bits per heavy atom. The van der Waals surface area contributed by atoms with Gasteiger partial charge < -0.3 is 9.47 Å². The fourth-order valence-electron chi connectivity index (χ4n) is 2.78. The highest BCUT2D eigenvalue weighted by Crippen LogP contribution is 2.37. The number of ether oxygens (including phenoxy) is 2. The molecule has 150 valence electrons. The Morgan fingerprint density at radius 1 is 1.28 bits per heavy atom. The first-order valence-electron chi connectivity index (χ1n) is 8.53. The predicted octanol–water partition coefficient (Wildman–Crippen LogP) is 4.34. The van der Waals surface area contributed by atoms with Gasteiger partial charge in [0.05, 0.1) is 28.9 Å². The second-order valence-electron chi connectivity index (χ2n) is 5.88. The molecule has 0 atom stereocenters. The lowest BCUT2D eigenvalue weighted by Crippen LogP contribution is -2.54. The van der Waals surface area contributed by atoms with E-state index in [9.17, 15) is 9.59 Å². The third-order valence-corrected chi connectivity index (χ3v) is 5.24. The highest BCUT2D eigenvalue weighted by atomic mass is 79.9. The van der Waals surface area contributed by atoms with Crippen molar-refractivity contribution in [2.45, 2.75) is 6.92 Å². The minimum Gasteiger partial charge on any atom is -0.493 e. The van der Waals surface area contributed by atoms with E-state index >= 15 is 0 Å². The van der Waals surface area contributed by atoms with Crippen molar-refractivity contribution in [1.29, 1.82) is 0 Å². The topological polar surface area (TPSA) is 67.9 Å². The molecule has 2 aromatic carbocycles. The first kappa shape index (κ1) is 21.3. The molecule has 9 heteroatoms. The number of anilines is 1. The molecule has 0 bridgehead atoms. The number of hydrogen-bond acceptors (Lipinski definition) is 5. The first-order chi connectivity index (χ1) is 13.9. The van der Waals surface area contributed by atoms with Gasteiger partial charge in [-0.05, 0) is 71.0 Å². The second kappa shape index (κ2) is 8.94. The van der Waals surface area contributed by atoms with E-state index in [4.69, 9.17) is 33.3 Å². The molecule has 0 aliphatic carbocycles. The molecule has 2 amide bonds. The van der Waals surface area contributed by atoms with Crippen molar-refractivity contribution in [3.05, 3.63) is 57.0 Å². The molecule has 29 heavy (non-hydrogen) atoms. The maximum absolute atomic E-state index is 13.1. The van der Waals surface area contributed by atoms with Gasteiger partial charge in [0.1, 0.15) is 5.57 Å².